The van der Waals surface area contributed by atoms with Gasteiger partial charge in [-0.1, -0.05) is 19.1 Å². The third-order valence-electron chi connectivity index (χ3n) is 3.54. The Bertz CT molecular complexity index is 447. The third-order valence-corrected chi connectivity index (χ3v) is 3.54. The molecule has 0 aliphatic heterocycles. The molecule has 2 atom stereocenters. The Balaban J connectivity index is 2.17. The minimum Gasteiger partial charge on any atom is -0.462 e. The summed E-state index contributed by atoms with van der Waals surface area (Å²) in [6, 6.07) is 7.23. The van der Waals surface area contributed by atoms with Crippen LogP contribution in [0.5, 0.6) is 0 Å². The van der Waals surface area contributed by atoms with Gasteiger partial charge in [0.25, 0.3) is 0 Å². The molecule has 3 heteroatoms. The van der Waals surface area contributed by atoms with E-state index >= 15 is 0 Å². The molecule has 0 spiro atoms. The van der Waals surface area contributed by atoms with E-state index in [-0.39, 0.29) is 11.9 Å². The van der Waals surface area contributed by atoms with E-state index in [0.717, 1.165) is 12.0 Å². The molecule has 0 unspecified atom stereocenters. The minimum atomic E-state index is -0.310. The number of benzene rings is 1. The van der Waals surface area contributed by atoms with Crippen LogP contribution in [0.15, 0.2) is 24.3 Å². The smallest absolute Gasteiger partial charge is 0.338 e. The zero-order chi connectivity index (χ0) is 13.1. The van der Waals surface area contributed by atoms with Gasteiger partial charge in [0.05, 0.1) is 12.2 Å². The Labute approximate surface area is 107 Å². The lowest BCUT2D eigenvalue weighted by atomic mass is 9.89. The largest absolute Gasteiger partial charge is 0.462 e. The number of rotatable bonds is 3. The molecule has 0 amide bonds. The van der Waals surface area contributed by atoms with E-state index in [2.05, 4.69) is 6.92 Å². The fourth-order valence-corrected chi connectivity index (χ4v) is 2.56. The van der Waals surface area contributed by atoms with Crippen molar-refractivity contribution >= 4 is 11.8 Å². The van der Waals surface area contributed by atoms with Crippen molar-refractivity contribution < 1.29 is 14.3 Å². The van der Waals surface area contributed by atoms with Crippen molar-refractivity contribution in [2.24, 2.45) is 5.92 Å². The third kappa shape index (κ3) is 2.45. The summed E-state index contributed by atoms with van der Waals surface area (Å²) in [5.41, 5.74) is 1.55. The zero-order valence-corrected chi connectivity index (χ0v) is 10.8. The highest BCUT2D eigenvalue weighted by atomic mass is 16.5. The summed E-state index contributed by atoms with van der Waals surface area (Å²) >= 11 is 0. The van der Waals surface area contributed by atoms with E-state index in [1.165, 1.54) is 0 Å². The van der Waals surface area contributed by atoms with Crippen LogP contribution < -0.4 is 0 Å². The van der Waals surface area contributed by atoms with Crippen LogP contribution in [0.4, 0.5) is 0 Å². The van der Waals surface area contributed by atoms with E-state index in [0.29, 0.717) is 30.3 Å². The molecule has 1 aliphatic carbocycles. The van der Waals surface area contributed by atoms with Crippen molar-refractivity contribution in [3.05, 3.63) is 35.4 Å². The fourth-order valence-electron chi connectivity index (χ4n) is 2.56. The molecular formula is C15H18O3. The van der Waals surface area contributed by atoms with Crippen molar-refractivity contribution in [3.63, 3.8) is 0 Å². The van der Waals surface area contributed by atoms with Gasteiger partial charge in [0, 0.05) is 12.3 Å². The summed E-state index contributed by atoms with van der Waals surface area (Å²) in [7, 11) is 0. The molecule has 0 N–H and O–H groups in total. The van der Waals surface area contributed by atoms with E-state index in [9.17, 15) is 9.59 Å². The Kier molecular flexibility index (Phi) is 3.80. The van der Waals surface area contributed by atoms with Crippen molar-refractivity contribution in [1.82, 2.24) is 0 Å². The number of carbonyl (C=O) groups is 2. The fraction of sp³-hybridized carbons (Fsp3) is 0.467. The van der Waals surface area contributed by atoms with Crippen LogP contribution in [0.3, 0.4) is 0 Å². The normalized spacial score (nSPS) is 23.1. The molecule has 0 bridgehead atoms. The highest BCUT2D eigenvalue weighted by Crippen LogP contribution is 2.36. The minimum absolute atomic E-state index is 0.00115. The Morgan fingerprint density at radius 2 is 2.00 bits per heavy atom. The summed E-state index contributed by atoms with van der Waals surface area (Å²) in [5.74, 6) is 0.397. The molecular weight excluding hydrogens is 228 g/mol. The Hall–Kier alpha value is -1.64. The van der Waals surface area contributed by atoms with Gasteiger partial charge in [-0.25, -0.2) is 4.79 Å². The second-order valence-corrected chi connectivity index (χ2v) is 4.80. The van der Waals surface area contributed by atoms with E-state index in [4.69, 9.17) is 4.74 Å². The number of hydrogen-bond acceptors (Lipinski definition) is 3. The van der Waals surface area contributed by atoms with Crippen LogP contribution >= 0.6 is 0 Å². The molecule has 1 fully saturated rings. The first kappa shape index (κ1) is 12.8. The van der Waals surface area contributed by atoms with Crippen LogP contribution in [0.2, 0.25) is 0 Å². The van der Waals surface area contributed by atoms with Gasteiger partial charge in [0.1, 0.15) is 5.78 Å². The molecule has 1 aliphatic rings. The van der Waals surface area contributed by atoms with Crippen molar-refractivity contribution in [3.8, 4) is 0 Å². The van der Waals surface area contributed by atoms with Gasteiger partial charge < -0.3 is 4.74 Å². The zero-order valence-electron chi connectivity index (χ0n) is 10.8. The quantitative estimate of drug-likeness (QED) is 0.770. The molecule has 0 radical (unpaired) electrons. The number of carbonyl (C=O) groups excluding carboxylic acids is 2. The SMILES string of the molecule is CCOC(=O)c1ccc([C@H]2C(=O)CC[C@@H]2C)cc1. The Morgan fingerprint density at radius 3 is 2.50 bits per heavy atom. The van der Waals surface area contributed by atoms with Gasteiger partial charge in [-0.3, -0.25) is 4.79 Å². The lowest BCUT2D eigenvalue weighted by Crippen LogP contribution is -2.11. The lowest BCUT2D eigenvalue weighted by molar-refractivity contribution is -0.118. The maximum atomic E-state index is 11.8. The lowest BCUT2D eigenvalue weighted by Gasteiger charge is -2.14. The van der Waals surface area contributed by atoms with Gasteiger partial charge in [0.15, 0.2) is 0 Å². The van der Waals surface area contributed by atoms with Crippen molar-refractivity contribution in [2.45, 2.75) is 32.6 Å². The standard InChI is InChI=1S/C15H18O3/c1-3-18-15(17)12-7-5-11(6-8-12)14-10(2)4-9-13(14)16/h5-8,10,14H,3-4,9H2,1-2H3/t10-,14-/m0/s1. The molecule has 3 nitrogen and oxygen atoms in total. The highest BCUT2D eigenvalue weighted by Gasteiger charge is 2.32. The first-order valence-corrected chi connectivity index (χ1v) is 6.43. The monoisotopic (exact) mass is 246 g/mol. The summed E-state index contributed by atoms with van der Waals surface area (Å²) in [6.07, 6.45) is 1.63. The molecule has 96 valence electrons. The molecule has 0 saturated heterocycles. The van der Waals surface area contributed by atoms with E-state index in [1.54, 1.807) is 19.1 Å². The van der Waals surface area contributed by atoms with Gasteiger partial charge in [0.2, 0.25) is 0 Å². The Morgan fingerprint density at radius 1 is 1.33 bits per heavy atom. The van der Waals surface area contributed by atoms with E-state index in [1.807, 2.05) is 12.1 Å². The van der Waals surface area contributed by atoms with Gasteiger partial charge >= 0.3 is 5.97 Å². The highest BCUT2D eigenvalue weighted by molar-refractivity contribution is 5.90. The summed E-state index contributed by atoms with van der Waals surface area (Å²) < 4.78 is 4.93. The molecule has 18 heavy (non-hydrogen) atoms. The second kappa shape index (κ2) is 5.34. The first-order valence-electron chi connectivity index (χ1n) is 6.43. The van der Waals surface area contributed by atoms with Crippen LogP contribution in [-0.4, -0.2) is 18.4 Å². The van der Waals surface area contributed by atoms with Crippen LogP contribution in [0, 0.1) is 5.92 Å². The predicted molar refractivity (Wildman–Crippen MR) is 68.5 cm³/mol. The predicted octanol–water partition coefficient (Wildman–Crippen LogP) is 2.95. The number of esters is 1. The van der Waals surface area contributed by atoms with Crippen molar-refractivity contribution in [1.29, 1.82) is 0 Å². The average Bonchev–Trinajstić information content (AvgIpc) is 2.70. The topological polar surface area (TPSA) is 43.4 Å². The number of ketones is 1. The maximum absolute atomic E-state index is 11.8. The van der Waals surface area contributed by atoms with Gasteiger partial charge in [-0.2, -0.15) is 0 Å². The van der Waals surface area contributed by atoms with E-state index < -0.39 is 0 Å². The van der Waals surface area contributed by atoms with Gasteiger partial charge in [-0.15, -0.1) is 0 Å². The molecule has 1 aromatic rings. The summed E-state index contributed by atoms with van der Waals surface area (Å²) in [6.45, 7) is 4.26. The molecule has 1 saturated carbocycles. The average molecular weight is 246 g/mol. The van der Waals surface area contributed by atoms with Crippen molar-refractivity contribution in [2.75, 3.05) is 6.61 Å². The molecule has 2 rings (SSSR count). The number of Topliss-reactive ketones (excluding diaryl/α,β-unsaturated/α-hetero) is 1. The molecule has 0 aromatic heterocycles. The first-order chi connectivity index (χ1) is 8.63. The van der Waals surface area contributed by atoms with Crippen LogP contribution in [-0.2, 0) is 9.53 Å². The summed E-state index contributed by atoms with van der Waals surface area (Å²) in [5, 5.41) is 0. The van der Waals surface area contributed by atoms with Crippen LogP contribution in [0.25, 0.3) is 0 Å². The van der Waals surface area contributed by atoms with Gasteiger partial charge in [-0.05, 0) is 37.0 Å². The number of ether oxygens (including phenoxy) is 1. The second-order valence-electron chi connectivity index (χ2n) is 4.80. The number of hydrogen-bond donors (Lipinski definition) is 0. The van der Waals surface area contributed by atoms with Crippen LogP contribution in [0.1, 0.15) is 48.5 Å². The maximum Gasteiger partial charge on any atom is 0.338 e. The molecule has 1 aromatic carbocycles. The summed E-state index contributed by atoms with van der Waals surface area (Å²) in [4.78, 5) is 23.3. The molecule has 0 heterocycles.